The number of imidazole rings is 1. The molecule has 58 heavy (non-hydrogen) atoms. The van der Waals surface area contributed by atoms with Gasteiger partial charge in [0.2, 0.25) is 5.91 Å². The standard InChI is InChI=1S/C7H13NO.C6H14N2.C6H13N.C6H8N.C5H10N2O.C5H11NO.C5H11N.C4H6N2/c1-8-6-4-2-3-5-7(8)9;1-7-3-5-8(2)6-4-7;2*1-7-5-3-2-4-6-7;1-7-4-2-3-6-5(7)8;1-6-2-4-7-5-3-6;1-6-4-2-3-5-6;1-6-3-2-5-4-6/h2-6H2,1H3;3-6H2,1-2H3;2-6H2,1H3;2-6H,1H3;2-4H2,1H3,(H,6,8);2-5H2,1H3;2-5H2,1H3;2-4H,1H3/q;;;+1;;;;. The number of morpholine rings is 1. The molecule has 6 fully saturated rings. The van der Waals surface area contributed by atoms with Crippen LogP contribution in [0.5, 0.6) is 0 Å². The molecule has 1 N–H and O–H groups in total. The van der Waals surface area contributed by atoms with Crippen LogP contribution in [0.4, 0.5) is 4.79 Å². The number of carbonyl (C=O) groups excluding carboxylic acids is 2. The van der Waals surface area contributed by atoms with Gasteiger partial charge in [0.1, 0.15) is 7.05 Å². The van der Waals surface area contributed by atoms with Crippen LogP contribution in [-0.4, -0.2) is 203 Å². The number of hydrogen-bond donors (Lipinski definition) is 1. The van der Waals surface area contributed by atoms with Crippen LogP contribution in [0.1, 0.15) is 64.2 Å². The van der Waals surface area contributed by atoms with Gasteiger partial charge in [-0.25, -0.2) is 14.3 Å². The van der Waals surface area contributed by atoms with Crippen LogP contribution < -0.4 is 9.88 Å². The van der Waals surface area contributed by atoms with E-state index in [-0.39, 0.29) is 6.03 Å². The number of carbonyl (C=O) groups is 2. The van der Waals surface area contributed by atoms with Gasteiger partial charge in [0.05, 0.1) is 19.5 Å². The minimum Gasteiger partial charge on any atom is -0.379 e. The van der Waals surface area contributed by atoms with Gasteiger partial charge in [0.15, 0.2) is 12.4 Å². The van der Waals surface area contributed by atoms with Gasteiger partial charge in [-0.2, -0.15) is 0 Å². The maximum Gasteiger partial charge on any atom is 0.317 e. The zero-order valence-corrected chi connectivity index (χ0v) is 38.5. The van der Waals surface area contributed by atoms with Crippen LogP contribution in [0.3, 0.4) is 0 Å². The van der Waals surface area contributed by atoms with Crippen LogP contribution in [0, 0.1) is 0 Å². The van der Waals surface area contributed by atoms with E-state index in [9.17, 15) is 9.59 Å². The Morgan fingerprint density at radius 1 is 0.552 bits per heavy atom. The van der Waals surface area contributed by atoms with Crippen molar-refractivity contribution in [2.24, 2.45) is 14.1 Å². The molecular formula is C44H86N11O3+. The minimum atomic E-state index is 0.0521. The summed E-state index contributed by atoms with van der Waals surface area (Å²) in [5.74, 6) is 0.313. The maximum atomic E-state index is 10.9. The molecule has 2 aromatic heterocycles. The molecule has 0 bridgehead atoms. The zero-order valence-electron chi connectivity index (χ0n) is 38.5. The lowest BCUT2D eigenvalue weighted by atomic mass is 10.1. The normalized spacial score (nSPS) is 20.6. The highest BCUT2D eigenvalue weighted by atomic mass is 16.5. The number of aromatic nitrogens is 3. The third-order valence-corrected chi connectivity index (χ3v) is 10.5. The Hall–Kier alpha value is -3.14. The second-order valence-corrected chi connectivity index (χ2v) is 16.3. The third-order valence-electron chi connectivity index (χ3n) is 10.5. The van der Waals surface area contributed by atoms with Crippen molar-refractivity contribution < 1.29 is 18.9 Å². The lowest BCUT2D eigenvalue weighted by Gasteiger charge is -2.28. The molecule has 0 atom stereocenters. The number of aryl methyl sites for hydroxylation is 2. The van der Waals surface area contributed by atoms with Crippen LogP contribution in [0.2, 0.25) is 0 Å². The number of likely N-dealkylation sites (tertiary alicyclic amines) is 3. The van der Waals surface area contributed by atoms with Gasteiger partial charge >= 0.3 is 6.03 Å². The molecule has 8 heterocycles. The smallest absolute Gasteiger partial charge is 0.317 e. The highest BCUT2D eigenvalue weighted by Gasteiger charge is 2.12. The average Bonchev–Trinajstić information content (AvgIpc) is 3.88. The molecule has 334 valence electrons. The number of urea groups is 1. The molecule has 0 spiro atoms. The molecule has 0 saturated carbocycles. The van der Waals surface area contributed by atoms with Crippen molar-refractivity contribution >= 4 is 11.9 Å². The highest BCUT2D eigenvalue weighted by molar-refractivity contribution is 5.76. The van der Waals surface area contributed by atoms with Gasteiger partial charge in [0, 0.05) is 111 Å². The van der Waals surface area contributed by atoms with Crippen molar-refractivity contribution in [1.82, 2.24) is 49.2 Å². The number of hydrogen-bond acceptors (Lipinski definition) is 9. The first-order valence-corrected chi connectivity index (χ1v) is 21.9. The molecule has 3 amide bonds. The topological polar surface area (TPSA) is 99.8 Å². The predicted octanol–water partition coefficient (Wildman–Crippen LogP) is 3.61. The number of piperidine rings is 1. The quantitative estimate of drug-likeness (QED) is 0.401. The van der Waals surface area contributed by atoms with E-state index in [2.05, 4.69) is 70.0 Å². The van der Waals surface area contributed by atoms with E-state index in [1.165, 1.54) is 97.3 Å². The average molecular weight is 817 g/mol. The fourth-order valence-corrected chi connectivity index (χ4v) is 6.16. The maximum absolute atomic E-state index is 10.9. The fraction of sp³-hybridized carbons (Fsp3) is 0.773. The van der Waals surface area contributed by atoms with E-state index >= 15 is 0 Å². The SMILES string of the molecule is CN1CCCC1.CN1CCCCC1.CN1CCCCCC1=O.CN1CCCNC1=O.CN1CCN(C)CC1.CN1CCOCC1.C[n+]1ccccc1.Cn1ccnc1. The number of amides is 3. The molecule has 6 saturated heterocycles. The van der Waals surface area contributed by atoms with Gasteiger partial charge in [-0.15, -0.1) is 0 Å². The summed E-state index contributed by atoms with van der Waals surface area (Å²) in [5, 5.41) is 2.72. The number of nitrogens with one attached hydrogen (secondary N) is 1. The lowest BCUT2D eigenvalue weighted by molar-refractivity contribution is -0.671. The Kier molecular flexibility index (Phi) is 31.6. The number of piperazine rings is 1. The van der Waals surface area contributed by atoms with Crippen molar-refractivity contribution in [2.45, 2.75) is 64.2 Å². The second kappa shape index (κ2) is 34.7. The summed E-state index contributed by atoms with van der Waals surface area (Å²) in [5.41, 5.74) is 0. The largest absolute Gasteiger partial charge is 0.379 e. The summed E-state index contributed by atoms with van der Waals surface area (Å²) in [6.45, 7) is 16.9. The molecule has 6 aliphatic rings. The number of rotatable bonds is 0. The highest BCUT2D eigenvalue weighted by Crippen LogP contribution is 2.08. The van der Waals surface area contributed by atoms with E-state index in [4.69, 9.17) is 4.74 Å². The van der Waals surface area contributed by atoms with Crippen LogP contribution in [-0.2, 0) is 23.6 Å². The Balaban J connectivity index is 0.000000332. The first kappa shape index (κ1) is 52.9. The molecule has 0 aromatic carbocycles. The van der Waals surface area contributed by atoms with Gasteiger partial charge in [-0.3, -0.25) is 4.79 Å². The summed E-state index contributed by atoms with van der Waals surface area (Å²) in [6, 6.07) is 6.05. The molecule has 6 aliphatic heterocycles. The van der Waals surface area contributed by atoms with Crippen molar-refractivity contribution in [1.29, 1.82) is 0 Å². The summed E-state index contributed by atoms with van der Waals surface area (Å²) >= 11 is 0. The van der Waals surface area contributed by atoms with E-state index < -0.39 is 0 Å². The van der Waals surface area contributed by atoms with E-state index in [1.54, 1.807) is 24.5 Å². The Morgan fingerprint density at radius 2 is 1.02 bits per heavy atom. The lowest BCUT2D eigenvalue weighted by Crippen LogP contribution is -2.43. The number of ether oxygens (including phenoxy) is 1. The fourth-order valence-electron chi connectivity index (χ4n) is 6.16. The summed E-state index contributed by atoms with van der Waals surface area (Å²) in [4.78, 5) is 40.6. The molecule has 14 heteroatoms. The summed E-state index contributed by atoms with van der Waals surface area (Å²) in [7, 11) is 18.4. The molecule has 14 nitrogen and oxygen atoms in total. The Bertz CT molecular complexity index is 1190. The molecule has 0 unspecified atom stereocenters. The third kappa shape index (κ3) is 30.9. The predicted molar refractivity (Wildman–Crippen MR) is 239 cm³/mol. The first-order chi connectivity index (χ1) is 27.9. The monoisotopic (exact) mass is 817 g/mol. The van der Waals surface area contributed by atoms with Crippen LogP contribution in [0.25, 0.3) is 0 Å². The van der Waals surface area contributed by atoms with Crippen molar-refractivity contribution in [3.8, 4) is 0 Å². The molecule has 0 aliphatic carbocycles. The molecule has 2 aromatic rings. The van der Waals surface area contributed by atoms with E-state index in [0.29, 0.717) is 5.91 Å². The molecular weight excluding hydrogens is 731 g/mol. The molecule has 8 rings (SSSR count). The van der Waals surface area contributed by atoms with Gasteiger partial charge in [0.25, 0.3) is 0 Å². The van der Waals surface area contributed by atoms with Crippen molar-refractivity contribution in [3.63, 3.8) is 0 Å². The van der Waals surface area contributed by atoms with Crippen molar-refractivity contribution in [2.75, 3.05) is 148 Å². The summed E-state index contributed by atoms with van der Waals surface area (Å²) < 4.78 is 8.99. The summed E-state index contributed by atoms with van der Waals surface area (Å²) in [6.07, 6.45) is 21.8. The number of pyridine rings is 1. The minimum absolute atomic E-state index is 0.0521. The zero-order chi connectivity index (χ0) is 42.8. The van der Waals surface area contributed by atoms with E-state index in [1.807, 2.05) is 72.0 Å². The first-order valence-electron chi connectivity index (χ1n) is 21.9. The van der Waals surface area contributed by atoms with Gasteiger partial charge < -0.3 is 48.9 Å². The molecule has 0 radical (unpaired) electrons. The second-order valence-electron chi connectivity index (χ2n) is 16.3. The number of nitrogens with zero attached hydrogens (tertiary/aromatic N) is 10. The van der Waals surface area contributed by atoms with Gasteiger partial charge in [-0.05, 0) is 106 Å². The number of likely N-dealkylation sites (N-methyl/N-ethyl adjacent to an activating group) is 3. The van der Waals surface area contributed by atoms with Gasteiger partial charge in [-0.1, -0.05) is 18.9 Å². The van der Waals surface area contributed by atoms with Crippen molar-refractivity contribution in [3.05, 3.63) is 49.3 Å². The van der Waals surface area contributed by atoms with E-state index in [0.717, 1.165) is 65.2 Å². The van der Waals surface area contributed by atoms with Crippen LogP contribution in [0.15, 0.2) is 49.3 Å². The Labute approximate surface area is 354 Å². The van der Waals surface area contributed by atoms with Crippen LogP contribution >= 0.6 is 0 Å². The Morgan fingerprint density at radius 3 is 1.34 bits per heavy atom.